The number of benzene rings is 1. The van der Waals surface area contributed by atoms with Crippen molar-refractivity contribution in [3.63, 3.8) is 0 Å². The Labute approximate surface area is 168 Å². The van der Waals surface area contributed by atoms with Crippen LogP contribution in [0, 0.1) is 17.8 Å². The van der Waals surface area contributed by atoms with E-state index in [0.717, 1.165) is 43.4 Å². The fourth-order valence-electron chi connectivity index (χ4n) is 4.84. The second-order valence-electron chi connectivity index (χ2n) is 8.45. The normalized spacial score (nSPS) is 27.2. The van der Waals surface area contributed by atoms with Crippen molar-refractivity contribution >= 4 is 5.91 Å². The third-order valence-electron chi connectivity index (χ3n) is 6.41. The Balaban J connectivity index is 1.55. The number of methoxy groups -OCH3 is 1. The molecule has 5 heteroatoms. The summed E-state index contributed by atoms with van der Waals surface area (Å²) in [6, 6.07) is 7.47. The van der Waals surface area contributed by atoms with Crippen LogP contribution < -0.4 is 4.74 Å². The molecule has 0 radical (unpaired) electrons. The van der Waals surface area contributed by atoms with Gasteiger partial charge < -0.3 is 19.8 Å². The predicted octanol–water partition coefficient (Wildman–Crippen LogP) is 3.32. The summed E-state index contributed by atoms with van der Waals surface area (Å²) >= 11 is 0. The molecule has 5 nitrogen and oxygen atoms in total. The molecule has 28 heavy (non-hydrogen) atoms. The molecule has 2 aliphatic carbocycles. The van der Waals surface area contributed by atoms with Crippen LogP contribution in [0.4, 0.5) is 0 Å². The van der Waals surface area contributed by atoms with Crippen molar-refractivity contribution in [2.75, 3.05) is 21.2 Å². The van der Waals surface area contributed by atoms with Gasteiger partial charge in [-0.2, -0.15) is 0 Å². The maximum absolute atomic E-state index is 11.7. The van der Waals surface area contributed by atoms with E-state index in [9.17, 15) is 15.0 Å². The topological polar surface area (TPSA) is 70.0 Å². The van der Waals surface area contributed by atoms with Crippen LogP contribution in [0.25, 0.3) is 0 Å². The molecule has 0 aliphatic heterocycles. The number of unbranched alkanes of at least 4 members (excludes halogenated alkanes) is 1. The monoisotopic (exact) mass is 387 g/mol. The van der Waals surface area contributed by atoms with Crippen molar-refractivity contribution in [2.45, 2.75) is 50.7 Å². The lowest BCUT2D eigenvalue weighted by Crippen LogP contribution is -2.26. The highest BCUT2D eigenvalue weighted by atomic mass is 16.5. The molecule has 0 aromatic heterocycles. The van der Waals surface area contributed by atoms with E-state index < -0.39 is 12.2 Å². The van der Waals surface area contributed by atoms with Gasteiger partial charge in [0.2, 0.25) is 5.91 Å². The number of hydrogen-bond donors (Lipinski definition) is 2. The number of hydrogen-bond acceptors (Lipinski definition) is 4. The van der Waals surface area contributed by atoms with Gasteiger partial charge in [-0.1, -0.05) is 23.8 Å². The first kappa shape index (κ1) is 20.9. The second-order valence-corrected chi connectivity index (χ2v) is 8.45. The SMILES string of the molecule is COc1ccc([C@@H](O)[C@@H]2[C@H]3CC(CCCCC(=O)N(C)C)=C[C@H]3C[C@H]2O)cc1. The fourth-order valence-corrected chi connectivity index (χ4v) is 4.84. The first-order valence-electron chi connectivity index (χ1n) is 10.3. The van der Waals surface area contributed by atoms with E-state index in [4.69, 9.17) is 4.74 Å². The summed E-state index contributed by atoms with van der Waals surface area (Å²) < 4.78 is 5.19. The Morgan fingerprint density at radius 2 is 1.96 bits per heavy atom. The second kappa shape index (κ2) is 9.10. The average Bonchev–Trinajstić information content (AvgIpc) is 3.20. The number of amides is 1. The van der Waals surface area contributed by atoms with Crippen molar-refractivity contribution in [1.82, 2.24) is 4.90 Å². The zero-order valence-corrected chi connectivity index (χ0v) is 17.2. The molecule has 5 atom stereocenters. The van der Waals surface area contributed by atoms with Crippen LogP contribution in [0.2, 0.25) is 0 Å². The van der Waals surface area contributed by atoms with Crippen LogP contribution in [0.1, 0.15) is 50.2 Å². The first-order valence-corrected chi connectivity index (χ1v) is 10.3. The Kier molecular flexibility index (Phi) is 6.78. The van der Waals surface area contributed by atoms with E-state index in [1.165, 1.54) is 5.57 Å². The van der Waals surface area contributed by atoms with Gasteiger partial charge in [-0.05, 0) is 61.6 Å². The third kappa shape index (κ3) is 4.58. The van der Waals surface area contributed by atoms with Crippen LogP contribution >= 0.6 is 0 Å². The van der Waals surface area contributed by atoms with Crippen LogP contribution in [0.3, 0.4) is 0 Å². The van der Waals surface area contributed by atoms with E-state index in [0.29, 0.717) is 18.3 Å². The highest BCUT2D eigenvalue weighted by Crippen LogP contribution is 2.51. The summed E-state index contributed by atoms with van der Waals surface area (Å²) in [6.07, 6.45) is 6.39. The zero-order chi connectivity index (χ0) is 20.3. The van der Waals surface area contributed by atoms with Crippen molar-refractivity contribution in [3.8, 4) is 5.75 Å². The lowest BCUT2D eigenvalue weighted by atomic mass is 9.82. The Bertz CT molecular complexity index is 697. The average molecular weight is 388 g/mol. The number of aliphatic hydroxyl groups excluding tert-OH is 2. The first-order chi connectivity index (χ1) is 13.4. The van der Waals surface area contributed by atoms with E-state index in [-0.39, 0.29) is 11.8 Å². The van der Waals surface area contributed by atoms with Crippen molar-refractivity contribution < 1.29 is 19.7 Å². The number of nitrogens with zero attached hydrogens (tertiary/aromatic N) is 1. The van der Waals surface area contributed by atoms with Gasteiger partial charge in [-0.25, -0.2) is 0 Å². The zero-order valence-electron chi connectivity index (χ0n) is 17.2. The van der Waals surface area contributed by atoms with Crippen molar-refractivity contribution in [1.29, 1.82) is 0 Å². The Morgan fingerprint density at radius 1 is 1.25 bits per heavy atom. The van der Waals surface area contributed by atoms with E-state index in [1.54, 1.807) is 26.1 Å². The van der Waals surface area contributed by atoms with Crippen LogP contribution in [0.15, 0.2) is 35.9 Å². The van der Waals surface area contributed by atoms with Gasteiger partial charge in [0.1, 0.15) is 5.75 Å². The molecule has 1 aromatic rings. The minimum Gasteiger partial charge on any atom is -0.497 e. The van der Waals surface area contributed by atoms with Gasteiger partial charge in [0.25, 0.3) is 0 Å². The molecule has 1 fully saturated rings. The molecule has 1 aromatic carbocycles. The van der Waals surface area contributed by atoms with E-state index >= 15 is 0 Å². The van der Waals surface area contributed by atoms with E-state index in [2.05, 4.69) is 6.08 Å². The molecule has 0 heterocycles. The highest BCUT2D eigenvalue weighted by Gasteiger charge is 2.47. The Hall–Kier alpha value is -1.85. The molecule has 2 aliphatic rings. The lowest BCUT2D eigenvalue weighted by Gasteiger charge is -2.27. The maximum atomic E-state index is 11.7. The summed E-state index contributed by atoms with van der Waals surface area (Å²) in [5.74, 6) is 1.46. The number of carbonyl (C=O) groups is 1. The van der Waals surface area contributed by atoms with Gasteiger partial charge in [-0.3, -0.25) is 4.79 Å². The van der Waals surface area contributed by atoms with Crippen LogP contribution in [-0.4, -0.2) is 48.3 Å². The molecule has 0 saturated heterocycles. The number of aliphatic hydroxyl groups is 2. The number of carbonyl (C=O) groups excluding carboxylic acids is 1. The highest BCUT2D eigenvalue weighted by molar-refractivity contribution is 5.75. The third-order valence-corrected chi connectivity index (χ3v) is 6.41. The quantitative estimate of drug-likeness (QED) is 0.530. The van der Waals surface area contributed by atoms with Gasteiger partial charge in [0.15, 0.2) is 0 Å². The molecular formula is C23H33NO4. The maximum Gasteiger partial charge on any atom is 0.222 e. The van der Waals surface area contributed by atoms with Gasteiger partial charge in [0.05, 0.1) is 19.3 Å². The molecule has 0 unspecified atom stereocenters. The van der Waals surface area contributed by atoms with Crippen molar-refractivity contribution in [3.05, 3.63) is 41.5 Å². The Morgan fingerprint density at radius 3 is 2.61 bits per heavy atom. The standard InChI is InChI=1S/C23H33NO4/c1-24(2)21(26)7-5-4-6-15-12-17-14-20(25)22(19(17)13-15)23(27)16-8-10-18(28-3)11-9-16/h8-12,17,19-20,22-23,25,27H,4-7,13-14H2,1-3H3/t17-,19-,20+,22+,23+/m0/s1. The van der Waals surface area contributed by atoms with Crippen LogP contribution in [0.5, 0.6) is 5.75 Å². The van der Waals surface area contributed by atoms with Crippen LogP contribution in [-0.2, 0) is 4.79 Å². The fraction of sp³-hybridized carbons (Fsp3) is 0.609. The summed E-state index contributed by atoms with van der Waals surface area (Å²) in [4.78, 5) is 13.3. The molecule has 1 saturated carbocycles. The molecular weight excluding hydrogens is 354 g/mol. The van der Waals surface area contributed by atoms with E-state index in [1.807, 2.05) is 24.3 Å². The molecule has 2 N–H and O–H groups in total. The largest absolute Gasteiger partial charge is 0.497 e. The smallest absolute Gasteiger partial charge is 0.222 e. The molecule has 3 rings (SSSR count). The number of rotatable bonds is 8. The van der Waals surface area contributed by atoms with Gasteiger partial charge >= 0.3 is 0 Å². The summed E-state index contributed by atoms with van der Waals surface area (Å²) in [7, 11) is 5.21. The predicted molar refractivity (Wildman–Crippen MR) is 109 cm³/mol. The van der Waals surface area contributed by atoms with Gasteiger partial charge in [0, 0.05) is 26.4 Å². The number of fused-ring (bicyclic) bond motifs is 1. The van der Waals surface area contributed by atoms with Gasteiger partial charge in [-0.15, -0.1) is 0 Å². The molecule has 1 amide bonds. The summed E-state index contributed by atoms with van der Waals surface area (Å²) in [5.41, 5.74) is 2.26. The molecule has 0 spiro atoms. The summed E-state index contributed by atoms with van der Waals surface area (Å²) in [5, 5.41) is 21.5. The summed E-state index contributed by atoms with van der Waals surface area (Å²) in [6.45, 7) is 0. The minimum atomic E-state index is -0.665. The number of ether oxygens (including phenoxy) is 1. The number of allylic oxidation sites excluding steroid dienone is 2. The van der Waals surface area contributed by atoms with Crippen molar-refractivity contribution in [2.24, 2.45) is 17.8 Å². The molecule has 154 valence electrons. The minimum absolute atomic E-state index is 0.137. The lowest BCUT2D eigenvalue weighted by molar-refractivity contribution is -0.128. The molecule has 0 bridgehead atoms.